The van der Waals surface area contributed by atoms with Gasteiger partial charge in [0.15, 0.2) is 0 Å². The van der Waals surface area contributed by atoms with E-state index in [9.17, 15) is 0 Å². The van der Waals surface area contributed by atoms with Crippen LogP contribution in [0, 0.1) is 13.8 Å². The third kappa shape index (κ3) is 2.78. The van der Waals surface area contributed by atoms with Crippen molar-refractivity contribution in [3.8, 4) is 11.3 Å². The minimum absolute atomic E-state index is 0.172. The largest absolute Gasteiger partial charge is 0.396 e. The van der Waals surface area contributed by atoms with E-state index < -0.39 is 0 Å². The summed E-state index contributed by atoms with van der Waals surface area (Å²) in [5.41, 5.74) is 6.29. The maximum absolute atomic E-state index is 9.05. The maximum Gasteiger partial charge on any atom is 0.0727 e. The number of aromatic nitrogens is 2. The molecule has 0 saturated heterocycles. The van der Waals surface area contributed by atoms with Crippen LogP contribution < -0.4 is 0 Å². The van der Waals surface area contributed by atoms with Crippen LogP contribution in [0.15, 0.2) is 42.6 Å². The van der Waals surface area contributed by atoms with Crippen LogP contribution in [0.25, 0.3) is 22.2 Å². The van der Waals surface area contributed by atoms with E-state index >= 15 is 0 Å². The molecule has 0 amide bonds. The lowest BCUT2D eigenvalue weighted by Crippen LogP contribution is -1.94. The summed E-state index contributed by atoms with van der Waals surface area (Å²) in [6.07, 6.45) is 2.54. The third-order valence-electron chi connectivity index (χ3n) is 3.69. The summed E-state index contributed by atoms with van der Waals surface area (Å²) in [4.78, 5) is 9.07. The van der Waals surface area contributed by atoms with Crippen LogP contribution in [-0.4, -0.2) is 21.7 Å². The number of rotatable bonds is 3. The highest BCUT2D eigenvalue weighted by molar-refractivity contribution is 5.85. The summed E-state index contributed by atoms with van der Waals surface area (Å²) in [6.45, 7) is 4.24. The van der Waals surface area contributed by atoms with Crippen LogP contribution in [0.5, 0.6) is 0 Å². The zero-order chi connectivity index (χ0) is 14.8. The molecule has 3 aromatic rings. The number of pyridine rings is 2. The summed E-state index contributed by atoms with van der Waals surface area (Å²) in [5, 5.41) is 10.2. The Bertz CT molecular complexity index is 779. The average molecular weight is 278 g/mol. The second kappa shape index (κ2) is 5.62. The van der Waals surface area contributed by atoms with Gasteiger partial charge in [0.05, 0.1) is 11.2 Å². The van der Waals surface area contributed by atoms with Gasteiger partial charge < -0.3 is 5.11 Å². The number of hydrogen-bond acceptors (Lipinski definition) is 3. The highest BCUT2D eigenvalue weighted by Gasteiger charge is 2.06. The lowest BCUT2D eigenvalue weighted by Gasteiger charge is -2.08. The molecule has 2 aromatic heterocycles. The molecule has 0 radical (unpaired) electrons. The molecule has 0 aliphatic rings. The number of aliphatic hydroxyl groups excluding tert-OH is 1. The predicted octanol–water partition coefficient (Wildman–Crippen LogP) is 3.45. The predicted molar refractivity (Wildman–Crippen MR) is 85.2 cm³/mol. The molecule has 106 valence electrons. The molecule has 0 spiro atoms. The summed E-state index contributed by atoms with van der Waals surface area (Å²) < 4.78 is 0. The first-order chi connectivity index (χ1) is 10.2. The molecule has 3 rings (SSSR count). The van der Waals surface area contributed by atoms with Crippen molar-refractivity contribution in [2.75, 3.05) is 6.61 Å². The lowest BCUT2D eigenvalue weighted by molar-refractivity contribution is 0.299. The standard InChI is InChI=1S/C18H18N2O/c1-12-9-18(15-5-3-13(2)19-11-15)20-17-6-4-14(7-8-21)10-16(12)17/h3-6,9-11,21H,7-8H2,1-2H3. The third-order valence-corrected chi connectivity index (χ3v) is 3.69. The normalized spacial score (nSPS) is 11.0. The number of aliphatic hydroxyl groups is 1. The summed E-state index contributed by atoms with van der Waals surface area (Å²) in [6, 6.07) is 12.3. The van der Waals surface area contributed by atoms with Gasteiger partial charge in [-0.1, -0.05) is 6.07 Å². The molecule has 0 aliphatic heterocycles. The Labute approximate surface area is 124 Å². The molecule has 0 saturated carbocycles. The number of nitrogens with zero attached hydrogens (tertiary/aromatic N) is 2. The van der Waals surface area contributed by atoms with Crippen LogP contribution in [0.2, 0.25) is 0 Å². The molecule has 1 N–H and O–H groups in total. The molecule has 0 fully saturated rings. The van der Waals surface area contributed by atoms with E-state index in [2.05, 4.69) is 30.1 Å². The van der Waals surface area contributed by atoms with Gasteiger partial charge in [-0.2, -0.15) is 0 Å². The van der Waals surface area contributed by atoms with Gasteiger partial charge >= 0.3 is 0 Å². The Kier molecular flexibility index (Phi) is 3.67. The number of hydrogen-bond donors (Lipinski definition) is 1. The second-order valence-electron chi connectivity index (χ2n) is 5.34. The monoisotopic (exact) mass is 278 g/mol. The van der Waals surface area contributed by atoms with Crippen molar-refractivity contribution in [1.29, 1.82) is 0 Å². The Morgan fingerprint density at radius 3 is 2.62 bits per heavy atom. The fraction of sp³-hybridized carbons (Fsp3) is 0.222. The first kappa shape index (κ1) is 13.7. The van der Waals surface area contributed by atoms with Crippen molar-refractivity contribution in [2.24, 2.45) is 0 Å². The van der Waals surface area contributed by atoms with Crippen molar-refractivity contribution in [1.82, 2.24) is 9.97 Å². The van der Waals surface area contributed by atoms with Crippen LogP contribution in [0.4, 0.5) is 0 Å². The molecule has 21 heavy (non-hydrogen) atoms. The fourth-order valence-corrected chi connectivity index (χ4v) is 2.49. The van der Waals surface area contributed by atoms with Crippen LogP contribution in [0.1, 0.15) is 16.8 Å². The van der Waals surface area contributed by atoms with Gasteiger partial charge in [0.25, 0.3) is 0 Å². The van der Waals surface area contributed by atoms with Gasteiger partial charge in [-0.3, -0.25) is 4.98 Å². The van der Waals surface area contributed by atoms with Gasteiger partial charge in [-0.05, 0) is 61.7 Å². The van der Waals surface area contributed by atoms with E-state index in [4.69, 9.17) is 10.1 Å². The molecule has 3 nitrogen and oxygen atoms in total. The summed E-state index contributed by atoms with van der Waals surface area (Å²) >= 11 is 0. The van der Waals surface area contributed by atoms with Gasteiger partial charge in [0.1, 0.15) is 0 Å². The molecule has 0 unspecified atom stereocenters. The van der Waals surface area contributed by atoms with Crippen LogP contribution in [0.3, 0.4) is 0 Å². The Hall–Kier alpha value is -2.26. The molecule has 3 heteroatoms. The molecule has 1 aromatic carbocycles. The minimum Gasteiger partial charge on any atom is -0.396 e. The van der Waals surface area contributed by atoms with Crippen molar-refractivity contribution >= 4 is 10.9 Å². The summed E-state index contributed by atoms with van der Waals surface area (Å²) in [7, 11) is 0. The van der Waals surface area contributed by atoms with Gasteiger partial charge in [0, 0.05) is 29.4 Å². The highest BCUT2D eigenvalue weighted by atomic mass is 16.2. The topological polar surface area (TPSA) is 46.0 Å². The van der Waals surface area contributed by atoms with Crippen molar-refractivity contribution in [2.45, 2.75) is 20.3 Å². The molecular weight excluding hydrogens is 260 g/mol. The quantitative estimate of drug-likeness (QED) is 0.798. The van der Waals surface area contributed by atoms with E-state index in [1.54, 1.807) is 0 Å². The van der Waals surface area contributed by atoms with Crippen LogP contribution in [-0.2, 0) is 6.42 Å². The van der Waals surface area contributed by atoms with E-state index in [0.717, 1.165) is 33.4 Å². The Morgan fingerprint density at radius 2 is 1.90 bits per heavy atom. The Morgan fingerprint density at radius 1 is 1.05 bits per heavy atom. The van der Waals surface area contributed by atoms with Gasteiger partial charge in [-0.15, -0.1) is 0 Å². The Balaban J connectivity index is 2.10. The molecule has 0 aliphatic carbocycles. The molecule has 2 heterocycles. The van der Waals surface area contributed by atoms with Crippen LogP contribution >= 0.6 is 0 Å². The highest BCUT2D eigenvalue weighted by Crippen LogP contribution is 2.25. The van der Waals surface area contributed by atoms with Crippen molar-refractivity contribution < 1.29 is 5.11 Å². The molecule has 0 atom stereocenters. The average Bonchev–Trinajstić information content (AvgIpc) is 2.49. The van der Waals surface area contributed by atoms with Gasteiger partial charge in [-0.25, -0.2) is 4.98 Å². The number of benzene rings is 1. The zero-order valence-corrected chi connectivity index (χ0v) is 12.3. The summed E-state index contributed by atoms with van der Waals surface area (Å²) in [5.74, 6) is 0. The molecular formula is C18H18N2O. The number of aryl methyl sites for hydroxylation is 2. The molecule has 0 bridgehead atoms. The zero-order valence-electron chi connectivity index (χ0n) is 12.3. The lowest BCUT2D eigenvalue weighted by atomic mass is 10.0. The second-order valence-corrected chi connectivity index (χ2v) is 5.34. The van der Waals surface area contributed by atoms with Crippen molar-refractivity contribution in [3.63, 3.8) is 0 Å². The first-order valence-electron chi connectivity index (χ1n) is 7.11. The van der Waals surface area contributed by atoms with Crippen molar-refractivity contribution in [3.05, 3.63) is 59.4 Å². The smallest absolute Gasteiger partial charge is 0.0727 e. The van der Waals surface area contributed by atoms with E-state index in [0.29, 0.717) is 6.42 Å². The van der Waals surface area contributed by atoms with E-state index in [1.165, 1.54) is 5.56 Å². The maximum atomic E-state index is 9.05. The van der Waals surface area contributed by atoms with E-state index in [-0.39, 0.29) is 6.61 Å². The first-order valence-corrected chi connectivity index (χ1v) is 7.11. The number of fused-ring (bicyclic) bond motifs is 1. The van der Waals surface area contributed by atoms with E-state index in [1.807, 2.05) is 31.3 Å². The minimum atomic E-state index is 0.172. The SMILES string of the molecule is Cc1ccc(-c2cc(C)c3cc(CCO)ccc3n2)cn1. The van der Waals surface area contributed by atoms with Gasteiger partial charge in [0.2, 0.25) is 0 Å². The fourth-order valence-electron chi connectivity index (χ4n) is 2.49.